The van der Waals surface area contributed by atoms with Gasteiger partial charge in [0, 0.05) is 26.7 Å². The zero-order chi connectivity index (χ0) is 20.5. The Bertz CT molecular complexity index is 989. The van der Waals surface area contributed by atoms with Crippen molar-refractivity contribution in [1.29, 1.82) is 0 Å². The zero-order valence-electron chi connectivity index (χ0n) is 17.6. The van der Waals surface area contributed by atoms with Crippen molar-refractivity contribution in [3.63, 3.8) is 0 Å². The van der Waals surface area contributed by atoms with Crippen molar-refractivity contribution in [2.45, 2.75) is 58.3 Å². The molecule has 158 valence electrons. The maximum absolute atomic E-state index is 12.5. The molecule has 2 aliphatic heterocycles. The molecule has 29 heavy (non-hydrogen) atoms. The van der Waals surface area contributed by atoms with Gasteiger partial charge in [-0.1, -0.05) is 13.3 Å². The molecule has 8 nitrogen and oxygen atoms in total. The van der Waals surface area contributed by atoms with E-state index in [0.717, 1.165) is 29.2 Å². The van der Waals surface area contributed by atoms with E-state index >= 15 is 0 Å². The summed E-state index contributed by atoms with van der Waals surface area (Å²) in [6, 6.07) is 4.77. The summed E-state index contributed by atoms with van der Waals surface area (Å²) < 4.78 is 8.78. The van der Waals surface area contributed by atoms with Gasteiger partial charge in [0.1, 0.15) is 17.3 Å². The number of rotatable bonds is 5. The largest absolute Gasteiger partial charge is 0.463 e. The van der Waals surface area contributed by atoms with Gasteiger partial charge in [0.05, 0.1) is 25.3 Å². The van der Waals surface area contributed by atoms with E-state index < -0.39 is 0 Å². The molecule has 4 heterocycles. The van der Waals surface area contributed by atoms with Gasteiger partial charge in [0.15, 0.2) is 0 Å². The first-order valence-corrected chi connectivity index (χ1v) is 10.5. The summed E-state index contributed by atoms with van der Waals surface area (Å²) in [5, 5.41) is 3.22. The summed E-state index contributed by atoms with van der Waals surface area (Å²) in [5.41, 5.74) is 0.0661. The quantitative estimate of drug-likeness (QED) is 0.824. The zero-order valence-corrected chi connectivity index (χ0v) is 17.6. The molecule has 2 aliphatic rings. The third-order valence-electron chi connectivity index (χ3n) is 6.29. The topological polar surface area (TPSA) is 75.7 Å². The summed E-state index contributed by atoms with van der Waals surface area (Å²) in [6.45, 7) is 5.94. The van der Waals surface area contributed by atoms with Crippen molar-refractivity contribution < 1.29 is 4.42 Å². The lowest BCUT2D eigenvalue weighted by molar-refractivity contribution is 0.124. The molecule has 0 amide bonds. The Labute approximate surface area is 170 Å². The van der Waals surface area contributed by atoms with Crippen LogP contribution in [0.15, 0.2) is 26.1 Å². The van der Waals surface area contributed by atoms with Gasteiger partial charge in [-0.25, -0.2) is 4.79 Å². The third kappa shape index (κ3) is 3.91. The molecule has 1 atom stereocenters. The second kappa shape index (κ2) is 8.20. The number of piperidine rings is 1. The summed E-state index contributed by atoms with van der Waals surface area (Å²) in [4.78, 5) is 29.3. The first-order valence-electron chi connectivity index (χ1n) is 10.5. The fourth-order valence-electron chi connectivity index (χ4n) is 4.60. The van der Waals surface area contributed by atoms with Gasteiger partial charge in [-0.3, -0.25) is 23.7 Å². The van der Waals surface area contributed by atoms with Crippen LogP contribution in [0, 0.1) is 0 Å². The summed E-state index contributed by atoms with van der Waals surface area (Å²) in [5.74, 6) is 2.52. The molecule has 8 heteroatoms. The molecule has 0 spiro atoms. The normalized spacial score (nSPS) is 20.4. The van der Waals surface area contributed by atoms with Crippen LogP contribution in [0.25, 0.3) is 0 Å². The Morgan fingerprint density at radius 2 is 1.86 bits per heavy atom. The van der Waals surface area contributed by atoms with E-state index in [2.05, 4.69) is 28.1 Å². The van der Waals surface area contributed by atoms with Crippen LogP contribution < -0.4 is 16.6 Å². The Morgan fingerprint density at radius 1 is 1.10 bits per heavy atom. The SMILES string of the molecule is CCC1CCCCN1Cc1ccc(CN2CNc3c(c(=O)n(C)c(=O)n3C)C2)o1. The van der Waals surface area contributed by atoms with E-state index in [1.807, 2.05) is 6.07 Å². The molecule has 1 saturated heterocycles. The van der Waals surface area contributed by atoms with Crippen molar-refractivity contribution >= 4 is 5.82 Å². The number of nitrogens with one attached hydrogen (secondary N) is 1. The van der Waals surface area contributed by atoms with Gasteiger partial charge >= 0.3 is 5.69 Å². The molecule has 1 unspecified atom stereocenters. The summed E-state index contributed by atoms with van der Waals surface area (Å²) in [6.07, 6.45) is 5.05. The molecule has 2 aromatic rings. The van der Waals surface area contributed by atoms with Crippen molar-refractivity contribution in [2.75, 3.05) is 18.5 Å². The van der Waals surface area contributed by atoms with Crippen LogP contribution >= 0.6 is 0 Å². The third-order valence-corrected chi connectivity index (χ3v) is 6.29. The number of anilines is 1. The van der Waals surface area contributed by atoms with E-state index in [4.69, 9.17) is 4.42 Å². The van der Waals surface area contributed by atoms with Gasteiger partial charge < -0.3 is 9.73 Å². The molecule has 0 saturated carbocycles. The number of aromatic nitrogens is 2. The van der Waals surface area contributed by atoms with Crippen LogP contribution in [-0.2, 0) is 33.7 Å². The molecule has 0 bridgehead atoms. The number of hydrogen-bond donors (Lipinski definition) is 1. The lowest BCUT2D eigenvalue weighted by Gasteiger charge is -2.34. The van der Waals surface area contributed by atoms with Gasteiger partial charge in [0.25, 0.3) is 5.56 Å². The number of furan rings is 1. The number of hydrogen-bond acceptors (Lipinski definition) is 6. The lowest BCUT2D eigenvalue weighted by atomic mass is 10.00. The molecule has 1 N–H and O–H groups in total. The monoisotopic (exact) mass is 401 g/mol. The van der Waals surface area contributed by atoms with Crippen molar-refractivity contribution in [2.24, 2.45) is 14.1 Å². The fraction of sp³-hybridized carbons (Fsp3) is 0.619. The Hall–Kier alpha value is -2.32. The van der Waals surface area contributed by atoms with Crippen LogP contribution in [0.1, 0.15) is 49.7 Å². The molecule has 4 rings (SSSR count). The minimum atomic E-state index is -0.312. The predicted molar refractivity (Wildman–Crippen MR) is 112 cm³/mol. The molecule has 0 aliphatic carbocycles. The highest BCUT2D eigenvalue weighted by atomic mass is 16.3. The van der Waals surface area contributed by atoms with Gasteiger partial charge in [-0.2, -0.15) is 0 Å². The number of nitrogens with zero attached hydrogens (tertiary/aromatic N) is 4. The first kappa shape index (κ1) is 20.0. The van der Waals surface area contributed by atoms with E-state index in [-0.39, 0.29) is 11.2 Å². The Kier molecular flexibility index (Phi) is 5.65. The highest BCUT2D eigenvalue weighted by Crippen LogP contribution is 2.24. The lowest BCUT2D eigenvalue weighted by Crippen LogP contribution is -2.46. The average molecular weight is 402 g/mol. The molecular formula is C21H31N5O3. The summed E-state index contributed by atoms with van der Waals surface area (Å²) in [7, 11) is 3.21. The van der Waals surface area contributed by atoms with Crippen LogP contribution in [0.2, 0.25) is 0 Å². The van der Waals surface area contributed by atoms with Crippen LogP contribution in [0.4, 0.5) is 5.82 Å². The van der Waals surface area contributed by atoms with Crippen LogP contribution in [-0.4, -0.2) is 38.2 Å². The minimum absolute atomic E-state index is 0.240. The van der Waals surface area contributed by atoms with Crippen molar-refractivity contribution in [1.82, 2.24) is 18.9 Å². The maximum atomic E-state index is 12.5. The molecule has 1 fully saturated rings. The van der Waals surface area contributed by atoms with E-state index in [0.29, 0.717) is 37.2 Å². The fourth-order valence-corrected chi connectivity index (χ4v) is 4.60. The van der Waals surface area contributed by atoms with Crippen molar-refractivity contribution in [3.05, 3.63) is 50.1 Å². The number of likely N-dealkylation sites (tertiary alicyclic amines) is 1. The van der Waals surface area contributed by atoms with E-state index in [1.54, 1.807) is 7.05 Å². The second-order valence-corrected chi connectivity index (χ2v) is 8.25. The predicted octanol–water partition coefficient (Wildman–Crippen LogP) is 1.83. The molecule has 0 radical (unpaired) electrons. The highest BCUT2D eigenvalue weighted by molar-refractivity contribution is 5.45. The van der Waals surface area contributed by atoms with E-state index in [9.17, 15) is 9.59 Å². The maximum Gasteiger partial charge on any atom is 0.332 e. The average Bonchev–Trinajstić information content (AvgIpc) is 3.17. The van der Waals surface area contributed by atoms with Gasteiger partial charge in [-0.05, 0) is 37.9 Å². The second-order valence-electron chi connectivity index (χ2n) is 8.25. The molecule has 2 aromatic heterocycles. The highest BCUT2D eigenvalue weighted by Gasteiger charge is 2.25. The molecule has 0 aromatic carbocycles. The summed E-state index contributed by atoms with van der Waals surface area (Å²) >= 11 is 0. The standard InChI is InChI=1S/C21H31N5O3/c1-4-15-7-5-6-10-26(15)12-17-9-8-16(29-17)11-25-13-18-19(22-14-25)23(2)21(28)24(3)20(18)27/h8-9,15,22H,4-7,10-14H2,1-3H3. The van der Waals surface area contributed by atoms with Crippen LogP contribution in [0.3, 0.4) is 0 Å². The van der Waals surface area contributed by atoms with Gasteiger partial charge in [0.2, 0.25) is 0 Å². The minimum Gasteiger partial charge on any atom is -0.463 e. The Balaban J connectivity index is 1.44. The van der Waals surface area contributed by atoms with E-state index in [1.165, 1.54) is 37.3 Å². The number of fused-ring (bicyclic) bond motifs is 1. The van der Waals surface area contributed by atoms with Crippen LogP contribution in [0.5, 0.6) is 0 Å². The smallest absolute Gasteiger partial charge is 0.332 e. The van der Waals surface area contributed by atoms with Gasteiger partial charge in [-0.15, -0.1) is 0 Å². The first-order chi connectivity index (χ1) is 14.0. The Morgan fingerprint density at radius 3 is 2.62 bits per heavy atom. The van der Waals surface area contributed by atoms with Crippen molar-refractivity contribution in [3.8, 4) is 0 Å². The molecular weight excluding hydrogens is 370 g/mol.